The molecule has 4 heteroatoms. The Kier molecular flexibility index (Phi) is 3.64. The van der Waals surface area contributed by atoms with Crippen LogP contribution in [0.25, 0.3) is 10.9 Å². The number of para-hydroxylation sites is 1. The molecule has 0 radical (unpaired) electrons. The third kappa shape index (κ3) is 2.76. The first kappa shape index (κ1) is 14.8. The van der Waals surface area contributed by atoms with Gasteiger partial charge in [-0.3, -0.25) is 4.79 Å². The van der Waals surface area contributed by atoms with Gasteiger partial charge in [0.2, 0.25) is 5.91 Å². The van der Waals surface area contributed by atoms with E-state index in [4.69, 9.17) is 4.74 Å². The predicted molar refractivity (Wildman–Crippen MR) is 90.4 cm³/mol. The highest BCUT2D eigenvalue weighted by Crippen LogP contribution is 2.40. The van der Waals surface area contributed by atoms with Crippen molar-refractivity contribution in [3.05, 3.63) is 35.5 Å². The van der Waals surface area contributed by atoms with Gasteiger partial charge >= 0.3 is 0 Å². The number of amides is 1. The molecule has 1 aliphatic heterocycles. The summed E-state index contributed by atoms with van der Waals surface area (Å²) in [6.07, 6.45) is 6.23. The van der Waals surface area contributed by atoms with Gasteiger partial charge in [-0.1, -0.05) is 31.0 Å². The molecular formula is C19H24N2O2. The number of carbonyl (C=O) groups excluding carboxylic acids is 1. The van der Waals surface area contributed by atoms with E-state index in [9.17, 15) is 4.79 Å². The third-order valence-electron chi connectivity index (χ3n) is 5.45. The smallest absolute Gasteiger partial charge is 0.224 e. The summed E-state index contributed by atoms with van der Waals surface area (Å²) in [4.78, 5) is 15.8. The van der Waals surface area contributed by atoms with E-state index in [0.717, 1.165) is 41.4 Å². The summed E-state index contributed by atoms with van der Waals surface area (Å²) in [5.41, 5.74) is 3.35. The van der Waals surface area contributed by atoms with Crippen LogP contribution < -0.4 is 5.32 Å². The Bertz CT molecular complexity index is 728. The number of aromatic nitrogens is 1. The summed E-state index contributed by atoms with van der Waals surface area (Å²) >= 11 is 0. The third-order valence-corrected chi connectivity index (χ3v) is 5.45. The highest BCUT2D eigenvalue weighted by molar-refractivity contribution is 5.90. The summed E-state index contributed by atoms with van der Waals surface area (Å²) in [5.74, 6) is 0.0986. The van der Waals surface area contributed by atoms with Gasteiger partial charge in [0.25, 0.3) is 0 Å². The average molecular weight is 312 g/mol. The molecule has 1 saturated carbocycles. The summed E-state index contributed by atoms with van der Waals surface area (Å²) in [7, 11) is 0. The topological polar surface area (TPSA) is 54.1 Å². The van der Waals surface area contributed by atoms with E-state index in [-0.39, 0.29) is 17.6 Å². The predicted octanol–water partition coefficient (Wildman–Crippen LogP) is 3.24. The van der Waals surface area contributed by atoms with Gasteiger partial charge in [0.05, 0.1) is 24.7 Å². The Balaban J connectivity index is 1.43. The quantitative estimate of drug-likeness (QED) is 0.914. The molecule has 1 amide bonds. The normalized spacial score (nSPS) is 22.9. The average Bonchev–Trinajstić information content (AvgIpc) is 3.22. The number of hydrogen-bond donors (Lipinski definition) is 2. The largest absolute Gasteiger partial charge is 0.373 e. The van der Waals surface area contributed by atoms with E-state index >= 15 is 0 Å². The molecule has 2 N–H and O–H groups in total. The number of ether oxygens (including phenoxy) is 1. The number of H-pyrrole nitrogens is 1. The van der Waals surface area contributed by atoms with E-state index in [0.29, 0.717) is 13.0 Å². The van der Waals surface area contributed by atoms with E-state index in [2.05, 4.69) is 22.4 Å². The lowest BCUT2D eigenvalue weighted by atomic mass is 9.96. The van der Waals surface area contributed by atoms with Crippen molar-refractivity contribution >= 4 is 16.8 Å². The highest BCUT2D eigenvalue weighted by atomic mass is 16.5. The van der Waals surface area contributed by atoms with Gasteiger partial charge < -0.3 is 15.0 Å². The molecule has 1 aromatic heterocycles. The number of aryl methyl sites for hydroxylation is 1. The zero-order chi connectivity index (χ0) is 15.9. The Morgan fingerprint density at radius 2 is 2.13 bits per heavy atom. The second-order valence-corrected chi connectivity index (χ2v) is 7.12. The lowest BCUT2D eigenvalue weighted by Gasteiger charge is -2.21. The fraction of sp³-hybridized carbons (Fsp3) is 0.526. The van der Waals surface area contributed by atoms with Crippen molar-refractivity contribution in [3.8, 4) is 0 Å². The van der Waals surface area contributed by atoms with Crippen molar-refractivity contribution < 1.29 is 9.53 Å². The first-order chi connectivity index (χ1) is 11.2. The number of aromatic amines is 1. The zero-order valence-corrected chi connectivity index (χ0v) is 13.7. The van der Waals surface area contributed by atoms with E-state index in [1.54, 1.807) is 0 Å². The van der Waals surface area contributed by atoms with Crippen LogP contribution in [0, 0.1) is 6.92 Å². The Labute approximate surface area is 136 Å². The molecule has 0 unspecified atom stereocenters. The molecule has 2 heterocycles. The van der Waals surface area contributed by atoms with E-state index in [1.165, 1.54) is 12.8 Å². The maximum atomic E-state index is 12.5. The molecule has 1 saturated heterocycles. The minimum Gasteiger partial charge on any atom is -0.373 e. The second-order valence-electron chi connectivity index (χ2n) is 7.12. The molecule has 1 spiro atoms. The number of rotatable bonds is 3. The van der Waals surface area contributed by atoms with E-state index in [1.807, 2.05) is 19.1 Å². The molecule has 23 heavy (non-hydrogen) atoms. The van der Waals surface area contributed by atoms with Crippen LogP contribution >= 0.6 is 0 Å². The van der Waals surface area contributed by atoms with Crippen LogP contribution in [-0.2, 0) is 16.0 Å². The van der Waals surface area contributed by atoms with Crippen molar-refractivity contribution in [3.63, 3.8) is 0 Å². The van der Waals surface area contributed by atoms with Crippen molar-refractivity contribution in [2.24, 2.45) is 0 Å². The van der Waals surface area contributed by atoms with Crippen LogP contribution in [0.4, 0.5) is 0 Å². The lowest BCUT2D eigenvalue weighted by Crippen LogP contribution is -2.37. The van der Waals surface area contributed by atoms with Gasteiger partial charge in [0.15, 0.2) is 0 Å². The minimum absolute atomic E-state index is 0.0641. The van der Waals surface area contributed by atoms with Gasteiger partial charge in [0, 0.05) is 16.6 Å². The number of hydrogen-bond acceptors (Lipinski definition) is 2. The fourth-order valence-electron chi connectivity index (χ4n) is 4.31. The van der Waals surface area contributed by atoms with Crippen molar-refractivity contribution in [1.29, 1.82) is 0 Å². The molecular weight excluding hydrogens is 288 g/mol. The molecule has 1 aromatic carbocycles. The van der Waals surface area contributed by atoms with Gasteiger partial charge in [0.1, 0.15) is 0 Å². The summed E-state index contributed by atoms with van der Waals surface area (Å²) < 4.78 is 6.02. The molecule has 1 aliphatic carbocycles. The van der Waals surface area contributed by atoms with Gasteiger partial charge in [-0.15, -0.1) is 0 Å². The van der Waals surface area contributed by atoms with Crippen LogP contribution in [0.2, 0.25) is 0 Å². The molecule has 2 aromatic rings. The van der Waals surface area contributed by atoms with Crippen molar-refractivity contribution in [2.75, 3.05) is 6.61 Å². The maximum Gasteiger partial charge on any atom is 0.224 e. The zero-order valence-electron chi connectivity index (χ0n) is 13.7. The number of nitrogens with one attached hydrogen (secondary N) is 2. The SMILES string of the molecule is Cc1[nH]c2ccccc2c1CC(=O)N[C@@H]1COC2(CCCC2)C1. The molecule has 1 atom stereocenters. The van der Waals surface area contributed by atoms with Crippen molar-refractivity contribution in [1.82, 2.24) is 10.3 Å². The number of benzene rings is 1. The van der Waals surface area contributed by atoms with Crippen molar-refractivity contribution in [2.45, 2.75) is 57.1 Å². The Morgan fingerprint density at radius 1 is 1.35 bits per heavy atom. The Morgan fingerprint density at radius 3 is 2.96 bits per heavy atom. The fourth-order valence-corrected chi connectivity index (χ4v) is 4.31. The summed E-state index contributed by atoms with van der Waals surface area (Å²) in [5, 5.41) is 4.33. The Hall–Kier alpha value is -1.81. The van der Waals surface area contributed by atoms with E-state index < -0.39 is 0 Å². The minimum atomic E-state index is 0.0641. The summed E-state index contributed by atoms with van der Waals surface area (Å²) in [6.45, 7) is 2.70. The van der Waals surface area contributed by atoms with Gasteiger partial charge in [-0.25, -0.2) is 0 Å². The first-order valence-electron chi connectivity index (χ1n) is 8.65. The molecule has 0 bridgehead atoms. The first-order valence-corrected chi connectivity index (χ1v) is 8.65. The molecule has 122 valence electrons. The number of fused-ring (bicyclic) bond motifs is 1. The van der Waals surface area contributed by atoms with Crippen LogP contribution in [-0.4, -0.2) is 29.1 Å². The highest BCUT2D eigenvalue weighted by Gasteiger charge is 2.42. The molecule has 2 aliphatic rings. The van der Waals surface area contributed by atoms with Crippen LogP contribution in [0.3, 0.4) is 0 Å². The lowest BCUT2D eigenvalue weighted by molar-refractivity contribution is -0.121. The molecule has 2 fully saturated rings. The monoisotopic (exact) mass is 312 g/mol. The van der Waals surface area contributed by atoms with Crippen LogP contribution in [0.15, 0.2) is 24.3 Å². The van der Waals surface area contributed by atoms with Crippen LogP contribution in [0.5, 0.6) is 0 Å². The maximum absolute atomic E-state index is 12.5. The number of carbonyl (C=O) groups is 1. The second kappa shape index (κ2) is 5.68. The standard InChI is InChI=1S/C19H24N2O2/c1-13-16(15-6-2-3-7-17(15)20-13)10-18(22)21-14-11-19(23-12-14)8-4-5-9-19/h2-3,6-7,14,20H,4-5,8-12H2,1H3,(H,21,22)/t14-/m0/s1. The van der Waals surface area contributed by atoms with Crippen LogP contribution in [0.1, 0.15) is 43.4 Å². The van der Waals surface area contributed by atoms with Gasteiger partial charge in [-0.2, -0.15) is 0 Å². The summed E-state index contributed by atoms with van der Waals surface area (Å²) in [6, 6.07) is 8.34. The van der Waals surface area contributed by atoms with Gasteiger partial charge in [-0.05, 0) is 37.8 Å². The molecule has 4 rings (SSSR count). The molecule has 4 nitrogen and oxygen atoms in total.